The zero-order valence-electron chi connectivity index (χ0n) is 19.4. The average Bonchev–Trinajstić information content (AvgIpc) is 3.59. The maximum atomic E-state index is 13.6. The molecular formula is C26H23F3N4O2S. The predicted molar refractivity (Wildman–Crippen MR) is 133 cm³/mol. The topological polar surface area (TPSA) is 50.6 Å². The molecule has 2 aromatic heterocycles. The number of piperazine rings is 1. The van der Waals surface area contributed by atoms with Crippen molar-refractivity contribution in [1.29, 1.82) is 0 Å². The molecule has 4 aromatic rings. The molecule has 6 nitrogen and oxygen atoms in total. The smallest absolute Gasteiger partial charge is 0.416 e. The lowest BCUT2D eigenvalue weighted by Gasteiger charge is -2.36. The molecule has 186 valence electrons. The molecule has 10 heteroatoms. The van der Waals surface area contributed by atoms with Crippen LogP contribution in [-0.2, 0) is 6.18 Å². The highest BCUT2D eigenvalue weighted by Crippen LogP contribution is 2.32. The number of carbonyl (C=O) groups excluding carboxylic acids is 1. The van der Waals surface area contributed by atoms with Gasteiger partial charge in [0.05, 0.1) is 23.2 Å². The fourth-order valence-electron chi connectivity index (χ4n) is 4.21. The van der Waals surface area contributed by atoms with Gasteiger partial charge in [-0.2, -0.15) is 18.3 Å². The summed E-state index contributed by atoms with van der Waals surface area (Å²) < 4.78 is 46.3. The Balaban J connectivity index is 1.38. The Hall–Kier alpha value is -3.79. The van der Waals surface area contributed by atoms with Gasteiger partial charge in [0.25, 0.3) is 5.91 Å². The van der Waals surface area contributed by atoms with Crippen LogP contribution in [0.3, 0.4) is 0 Å². The number of nitrogens with zero attached hydrogens (tertiary/aromatic N) is 4. The third-order valence-electron chi connectivity index (χ3n) is 6.12. The van der Waals surface area contributed by atoms with Crippen LogP contribution in [0.2, 0.25) is 0 Å². The molecule has 1 amide bonds. The summed E-state index contributed by atoms with van der Waals surface area (Å²) in [5.41, 5.74) is 1.68. The van der Waals surface area contributed by atoms with Gasteiger partial charge >= 0.3 is 6.18 Å². The third-order valence-corrected chi connectivity index (χ3v) is 7.02. The maximum Gasteiger partial charge on any atom is 0.416 e. The van der Waals surface area contributed by atoms with Gasteiger partial charge in [0.2, 0.25) is 0 Å². The number of benzene rings is 2. The van der Waals surface area contributed by atoms with Crippen molar-refractivity contribution in [1.82, 2.24) is 14.7 Å². The number of aromatic nitrogens is 2. The summed E-state index contributed by atoms with van der Waals surface area (Å²) in [5.74, 6) is 0.521. The van der Waals surface area contributed by atoms with Gasteiger partial charge in [-0.1, -0.05) is 12.1 Å². The molecule has 5 rings (SSSR count). The number of alkyl halides is 3. The number of hydrogen-bond acceptors (Lipinski definition) is 5. The van der Waals surface area contributed by atoms with Crippen molar-refractivity contribution < 1.29 is 22.7 Å². The first kappa shape index (κ1) is 23.9. The molecule has 1 aliphatic heterocycles. The second kappa shape index (κ2) is 9.69. The highest BCUT2D eigenvalue weighted by molar-refractivity contribution is 7.13. The molecule has 2 aromatic carbocycles. The van der Waals surface area contributed by atoms with Crippen LogP contribution in [0.1, 0.15) is 16.1 Å². The third kappa shape index (κ3) is 4.81. The van der Waals surface area contributed by atoms with Gasteiger partial charge in [0, 0.05) is 31.9 Å². The summed E-state index contributed by atoms with van der Waals surface area (Å²) in [4.78, 5) is 18.1. The first-order chi connectivity index (χ1) is 17.3. The number of carbonyl (C=O) groups is 1. The van der Waals surface area contributed by atoms with Crippen molar-refractivity contribution in [2.45, 2.75) is 6.18 Å². The number of methoxy groups -OCH3 is 1. The van der Waals surface area contributed by atoms with Crippen LogP contribution < -0.4 is 9.64 Å². The molecule has 0 radical (unpaired) electrons. The number of anilines is 1. The fourth-order valence-corrected chi connectivity index (χ4v) is 4.89. The average molecular weight is 513 g/mol. The van der Waals surface area contributed by atoms with Gasteiger partial charge in [-0.15, -0.1) is 11.3 Å². The molecule has 1 saturated heterocycles. The molecule has 0 saturated carbocycles. The molecule has 1 aliphatic rings. The van der Waals surface area contributed by atoms with Crippen molar-refractivity contribution in [2.24, 2.45) is 0 Å². The zero-order chi connectivity index (χ0) is 25.3. The lowest BCUT2D eigenvalue weighted by molar-refractivity contribution is -0.137. The van der Waals surface area contributed by atoms with E-state index in [1.54, 1.807) is 28.8 Å². The fraction of sp³-hybridized carbons (Fsp3) is 0.231. The van der Waals surface area contributed by atoms with Gasteiger partial charge < -0.3 is 14.5 Å². The Morgan fingerprint density at radius 3 is 2.33 bits per heavy atom. The van der Waals surface area contributed by atoms with Crippen LogP contribution in [-0.4, -0.2) is 53.9 Å². The molecular weight excluding hydrogens is 489 g/mol. The van der Waals surface area contributed by atoms with E-state index in [1.165, 1.54) is 17.4 Å². The van der Waals surface area contributed by atoms with Crippen LogP contribution in [0.25, 0.3) is 16.3 Å². The quantitative estimate of drug-likeness (QED) is 0.350. The number of amides is 1. The Labute approximate surface area is 210 Å². The molecule has 3 heterocycles. The van der Waals surface area contributed by atoms with Crippen molar-refractivity contribution in [2.75, 3.05) is 38.2 Å². The second-order valence-electron chi connectivity index (χ2n) is 8.33. The minimum Gasteiger partial charge on any atom is -0.497 e. The van der Waals surface area contributed by atoms with Crippen molar-refractivity contribution >= 4 is 22.9 Å². The SMILES string of the molecule is COc1ccc(-n2nc(-c3cccs3)cc2C(=O)N2CCN(c3cccc(C(F)(F)F)c3)CC2)cc1. The first-order valence-electron chi connectivity index (χ1n) is 11.3. The second-order valence-corrected chi connectivity index (χ2v) is 9.28. The summed E-state index contributed by atoms with van der Waals surface area (Å²) in [6, 6.07) is 18.3. The van der Waals surface area contributed by atoms with Crippen LogP contribution in [0, 0.1) is 0 Å². The van der Waals surface area contributed by atoms with Gasteiger partial charge in [-0.05, 0) is 60.0 Å². The Kier molecular flexibility index (Phi) is 6.44. The van der Waals surface area contributed by atoms with E-state index >= 15 is 0 Å². The van der Waals surface area contributed by atoms with Crippen LogP contribution in [0.4, 0.5) is 18.9 Å². The summed E-state index contributed by atoms with van der Waals surface area (Å²) in [6.45, 7) is 1.64. The molecule has 0 spiro atoms. The summed E-state index contributed by atoms with van der Waals surface area (Å²) in [7, 11) is 1.59. The van der Waals surface area contributed by atoms with E-state index in [9.17, 15) is 18.0 Å². The van der Waals surface area contributed by atoms with E-state index in [-0.39, 0.29) is 5.91 Å². The molecule has 0 N–H and O–H groups in total. The number of thiophene rings is 1. The van der Waals surface area contributed by atoms with E-state index < -0.39 is 11.7 Å². The lowest BCUT2D eigenvalue weighted by Crippen LogP contribution is -2.49. The molecule has 0 aliphatic carbocycles. The zero-order valence-corrected chi connectivity index (χ0v) is 20.2. The highest BCUT2D eigenvalue weighted by Gasteiger charge is 2.32. The minimum absolute atomic E-state index is 0.176. The van der Waals surface area contributed by atoms with E-state index in [0.717, 1.165) is 22.7 Å². The largest absolute Gasteiger partial charge is 0.497 e. The first-order valence-corrected chi connectivity index (χ1v) is 12.2. The predicted octanol–water partition coefficient (Wildman–Crippen LogP) is 5.59. The Morgan fingerprint density at radius 2 is 1.69 bits per heavy atom. The van der Waals surface area contributed by atoms with Gasteiger partial charge in [-0.3, -0.25) is 4.79 Å². The molecule has 36 heavy (non-hydrogen) atoms. The van der Waals surface area contributed by atoms with Crippen LogP contribution >= 0.6 is 11.3 Å². The van der Waals surface area contributed by atoms with E-state index in [1.807, 2.05) is 46.7 Å². The van der Waals surface area contributed by atoms with Crippen molar-refractivity contribution in [3.05, 3.63) is 83.4 Å². The van der Waals surface area contributed by atoms with Gasteiger partial charge in [0.1, 0.15) is 17.1 Å². The normalized spacial score (nSPS) is 14.2. The monoisotopic (exact) mass is 512 g/mol. The number of hydrogen-bond donors (Lipinski definition) is 0. The van der Waals surface area contributed by atoms with Crippen LogP contribution in [0.5, 0.6) is 5.75 Å². The standard InChI is InChI=1S/C26H23F3N4O2S/c1-35-21-9-7-19(8-10-21)33-23(17-22(30-33)24-6-3-15-36-24)25(34)32-13-11-31(12-14-32)20-5-2-4-18(16-20)26(27,28)29/h2-10,15-17H,11-14H2,1H3. The summed E-state index contributed by atoms with van der Waals surface area (Å²) in [6.07, 6.45) is -4.39. The number of rotatable bonds is 5. The Morgan fingerprint density at radius 1 is 0.944 bits per heavy atom. The highest BCUT2D eigenvalue weighted by atomic mass is 32.1. The Bertz CT molecular complexity index is 1340. The van der Waals surface area contributed by atoms with E-state index in [2.05, 4.69) is 0 Å². The van der Waals surface area contributed by atoms with Crippen LogP contribution in [0.15, 0.2) is 72.1 Å². The summed E-state index contributed by atoms with van der Waals surface area (Å²) in [5, 5.41) is 6.67. The van der Waals surface area contributed by atoms with E-state index in [4.69, 9.17) is 9.84 Å². The molecule has 0 bridgehead atoms. The molecule has 0 atom stereocenters. The maximum absolute atomic E-state index is 13.6. The number of ether oxygens (including phenoxy) is 1. The number of halogens is 3. The molecule has 0 unspecified atom stereocenters. The lowest BCUT2D eigenvalue weighted by atomic mass is 10.1. The van der Waals surface area contributed by atoms with Gasteiger partial charge in [-0.25, -0.2) is 4.68 Å². The summed E-state index contributed by atoms with van der Waals surface area (Å²) >= 11 is 1.54. The van der Waals surface area contributed by atoms with Gasteiger partial charge in [0.15, 0.2) is 0 Å². The minimum atomic E-state index is -4.39. The van der Waals surface area contributed by atoms with E-state index in [0.29, 0.717) is 49.0 Å². The van der Waals surface area contributed by atoms with Crippen molar-refractivity contribution in [3.8, 4) is 22.0 Å². The van der Waals surface area contributed by atoms with Crippen molar-refractivity contribution in [3.63, 3.8) is 0 Å². The molecule has 1 fully saturated rings.